The summed E-state index contributed by atoms with van der Waals surface area (Å²) in [7, 11) is 0. The van der Waals surface area contributed by atoms with Gasteiger partial charge in [0.2, 0.25) is 0 Å². The zero-order chi connectivity index (χ0) is 13.0. The monoisotopic (exact) mass is 314 g/mol. The van der Waals surface area contributed by atoms with E-state index in [2.05, 4.69) is 47.7 Å². The van der Waals surface area contributed by atoms with Crippen LogP contribution < -0.4 is 10.6 Å². The SMILES string of the molecule is CCN(CC(C)C)c1cccc(Br)c1C(N)=S. The Labute approximate surface area is 117 Å². The van der Waals surface area contributed by atoms with Crippen molar-refractivity contribution >= 4 is 38.8 Å². The van der Waals surface area contributed by atoms with Crippen LogP contribution >= 0.6 is 28.1 Å². The molecule has 0 bridgehead atoms. The fraction of sp³-hybridized carbons (Fsp3) is 0.462. The van der Waals surface area contributed by atoms with Crippen molar-refractivity contribution < 1.29 is 0 Å². The van der Waals surface area contributed by atoms with E-state index in [4.69, 9.17) is 18.0 Å². The summed E-state index contributed by atoms with van der Waals surface area (Å²) < 4.78 is 0.963. The van der Waals surface area contributed by atoms with Gasteiger partial charge in [-0.1, -0.05) is 32.1 Å². The minimum absolute atomic E-state index is 0.440. The molecule has 2 N–H and O–H groups in total. The van der Waals surface area contributed by atoms with Gasteiger partial charge < -0.3 is 10.6 Å². The molecule has 1 aromatic rings. The molecule has 94 valence electrons. The van der Waals surface area contributed by atoms with Crippen LogP contribution in [0.1, 0.15) is 26.3 Å². The molecule has 0 heterocycles. The van der Waals surface area contributed by atoms with Crippen molar-refractivity contribution in [3.05, 3.63) is 28.2 Å². The van der Waals surface area contributed by atoms with Crippen molar-refractivity contribution in [2.75, 3.05) is 18.0 Å². The van der Waals surface area contributed by atoms with Crippen LogP contribution in [0, 0.1) is 5.92 Å². The number of nitrogens with two attached hydrogens (primary N) is 1. The van der Waals surface area contributed by atoms with Crippen LogP contribution in [0.25, 0.3) is 0 Å². The standard InChI is InChI=1S/C13H19BrN2S/c1-4-16(8-9(2)3)11-7-5-6-10(14)12(11)13(15)17/h5-7,9H,4,8H2,1-3H3,(H2,15,17). The van der Waals surface area contributed by atoms with E-state index >= 15 is 0 Å². The predicted molar refractivity (Wildman–Crippen MR) is 82.8 cm³/mol. The van der Waals surface area contributed by atoms with Gasteiger partial charge in [0.15, 0.2) is 0 Å². The molecule has 0 aromatic heterocycles. The second kappa shape index (κ2) is 6.36. The lowest BCUT2D eigenvalue weighted by atomic mass is 10.1. The van der Waals surface area contributed by atoms with Crippen LogP contribution in [0.15, 0.2) is 22.7 Å². The van der Waals surface area contributed by atoms with E-state index in [0.29, 0.717) is 10.9 Å². The molecule has 0 fully saturated rings. The van der Waals surface area contributed by atoms with Crippen molar-refractivity contribution in [1.29, 1.82) is 0 Å². The number of thiocarbonyl (C=S) groups is 1. The third-order valence-electron chi connectivity index (χ3n) is 2.55. The summed E-state index contributed by atoms with van der Waals surface area (Å²) in [5, 5.41) is 0. The first-order valence-corrected chi connectivity index (χ1v) is 7.00. The van der Waals surface area contributed by atoms with E-state index in [1.807, 2.05) is 12.1 Å². The normalized spacial score (nSPS) is 10.6. The summed E-state index contributed by atoms with van der Waals surface area (Å²) >= 11 is 8.66. The highest BCUT2D eigenvalue weighted by molar-refractivity contribution is 9.10. The van der Waals surface area contributed by atoms with Gasteiger partial charge in [-0.25, -0.2) is 0 Å². The average Bonchev–Trinajstić information content (AvgIpc) is 2.24. The van der Waals surface area contributed by atoms with Gasteiger partial charge in [0.25, 0.3) is 0 Å². The Morgan fingerprint density at radius 2 is 2.12 bits per heavy atom. The number of nitrogens with zero attached hydrogens (tertiary/aromatic N) is 1. The van der Waals surface area contributed by atoms with E-state index < -0.39 is 0 Å². The van der Waals surface area contributed by atoms with Crippen LogP contribution in [0.4, 0.5) is 5.69 Å². The molecule has 0 unspecified atom stereocenters. The van der Waals surface area contributed by atoms with Crippen LogP contribution in [0.5, 0.6) is 0 Å². The molecule has 17 heavy (non-hydrogen) atoms. The molecule has 1 rings (SSSR count). The molecule has 0 aliphatic carbocycles. The van der Waals surface area contributed by atoms with Crippen LogP contribution in [0.2, 0.25) is 0 Å². The lowest BCUT2D eigenvalue weighted by Gasteiger charge is -2.27. The van der Waals surface area contributed by atoms with Gasteiger partial charge >= 0.3 is 0 Å². The maximum absolute atomic E-state index is 5.81. The fourth-order valence-corrected chi connectivity index (χ4v) is 2.77. The molecule has 0 spiro atoms. The summed E-state index contributed by atoms with van der Waals surface area (Å²) in [6, 6.07) is 6.07. The quantitative estimate of drug-likeness (QED) is 0.842. The minimum Gasteiger partial charge on any atom is -0.389 e. The first kappa shape index (κ1) is 14.5. The molecule has 0 aliphatic heterocycles. The second-order valence-electron chi connectivity index (χ2n) is 4.43. The average molecular weight is 315 g/mol. The van der Waals surface area contributed by atoms with Crippen molar-refractivity contribution in [2.24, 2.45) is 11.7 Å². The van der Waals surface area contributed by atoms with Gasteiger partial charge in [0.05, 0.1) is 0 Å². The third kappa shape index (κ3) is 3.68. The van der Waals surface area contributed by atoms with Crippen molar-refractivity contribution in [3.8, 4) is 0 Å². The molecule has 0 saturated carbocycles. The van der Waals surface area contributed by atoms with Crippen molar-refractivity contribution in [3.63, 3.8) is 0 Å². The maximum Gasteiger partial charge on any atom is 0.107 e. The number of halogens is 1. The number of hydrogen-bond donors (Lipinski definition) is 1. The smallest absolute Gasteiger partial charge is 0.107 e. The summed E-state index contributed by atoms with van der Waals surface area (Å²) in [5.74, 6) is 0.605. The fourth-order valence-electron chi connectivity index (χ4n) is 1.86. The number of benzene rings is 1. The Bertz CT molecular complexity index is 404. The van der Waals surface area contributed by atoms with Crippen molar-refractivity contribution in [1.82, 2.24) is 0 Å². The van der Waals surface area contributed by atoms with Gasteiger partial charge in [0.1, 0.15) is 4.99 Å². The van der Waals surface area contributed by atoms with Gasteiger partial charge in [-0.2, -0.15) is 0 Å². The predicted octanol–water partition coefficient (Wildman–Crippen LogP) is 3.57. The number of anilines is 1. The highest BCUT2D eigenvalue weighted by Crippen LogP contribution is 2.28. The first-order valence-electron chi connectivity index (χ1n) is 5.80. The Balaban J connectivity index is 3.18. The Hall–Kier alpha value is -0.610. The lowest BCUT2D eigenvalue weighted by molar-refractivity contribution is 0.618. The lowest BCUT2D eigenvalue weighted by Crippen LogP contribution is -2.29. The Morgan fingerprint density at radius 1 is 1.47 bits per heavy atom. The highest BCUT2D eigenvalue weighted by atomic mass is 79.9. The molecule has 0 aliphatic rings. The molecule has 0 radical (unpaired) electrons. The number of rotatable bonds is 5. The van der Waals surface area contributed by atoms with E-state index in [-0.39, 0.29) is 0 Å². The van der Waals surface area contributed by atoms with Gasteiger partial charge in [0, 0.05) is 28.8 Å². The van der Waals surface area contributed by atoms with E-state index in [1.54, 1.807) is 0 Å². The first-order chi connectivity index (χ1) is 7.97. The molecule has 0 saturated heterocycles. The van der Waals surface area contributed by atoms with Gasteiger partial charge in [-0.15, -0.1) is 0 Å². The molecule has 2 nitrogen and oxygen atoms in total. The molecule has 0 atom stereocenters. The highest BCUT2D eigenvalue weighted by Gasteiger charge is 2.15. The Kier molecular flexibility index (Phi) is 5.40. The molecular weight excluding hydrogens is 296 g/mol. The molecule has 1 aromatic carbocycles. The van der Waals surface area contributed by atoms with Gasteiger partial charge in [-0.05, 0) is 40.9 Å². The van der Waals surface area contributed by atoms with Crippen LogP contribution in [-0.2, 0) is 0 Å². The molecular formula is C13H19BrN2S. The summed E-state index contributed by atoms with van der Waals surface area (Å²) in [4.78, 5) is 2.75. The number of hydrogen-bond acceptors (Lipinski definition) is 2. The van der Waals surface area contributed by atoms with E-state index in [9.17, 15) is 0 Å². The van der Waals surface area contributed by atoms with E-state index in [1.165, 1.54) is 0 Å². The molecule has 0 amide bonds. The summed E-state index contributed by atoms with van der Waals surface area (Å²) in [6.45, 7) is 8.52. The second-order valence-corrected chi connectivity index (χ2v) is 5.72. The van der Waals surface area contributed by atoms with E-state index in [0.717, 1.165) is 28.8 Å². The zero-order valence-electron chi connectivity index (χ0n) is 10.5. The van der Waals surface area contributed by atoms with Crippen molar-refractivity contribution in [2.45, 2.75) is 20.8 Å². The maximum atomic E-state index is 5.81. The third-order valence-corrected chi connectivity index (χ3v) is 3.41. The summed E-state index contributed by atoms with van der Waals surface area (Å²) in [6.07, 6.45) is 0. The summed E-state index contributed by atoms with van der Waals surface area (Å²) in [5.41, 5.74) is 7.86. The van der Waals surface area contributed by atoms with Gasteiger partial charge in [-0.3, -0.25) is 0 Å². The van der Waals surface area contributed by atoms with Crippen LogP contribution in [-0.4, -0.2) is 18.1 Å². The largest absolute Gasteiger partial charge is 0.389 e. The minimum atomic E-state index is 0.440. The van der Waals surface area contributed by atoms with Crippen LogP contribution in [0.3, 0.4) is 0 Å². The molecule has 4 heteroatoms. The topological polar surface area (TPSA) is 29.3 Å². The zero-order valence-corrected chi connectivity index (χ0v) is 12.9. The Morgan fingerprint density at radius 3 is 2.59 bits per heavy atom.